The lowest BCUT2D eigenvalue weighted by molar-refractivity contribution is 0.662. The fourth-order valence-electron chi connectivity index (χ4n) is 1.17. The Morgan fingerprint density at radius 2 is 2.15 bits per heavy atom. The first kappa shape index (κ1) is 12.9. The maximum atomic E-state index is 5.52. The van der Waals surface area contributed by atoms with E-state index in [1.54, 1.807) is 0 Å². The number of aromatic nitrogens is 1. The molecule has 0 atom stereocenters. The van der Waals surface area contributed by atoms with Crippen LogP contribution in [-0.2, 0) is 6.42 Å². The zero-order valence-electron chi connectivity index (χ0n) is 7.95. The molecular formula is C9H17BrN2S. The number of rotatable bonds is 5. The lowest BCUT2D eigenvalue weighted by Gasteiger charge is -1.95. The molecule has 0 saturated heterocycles. The standard InChI is InChI=1S/C9H16N2S.BrH/c1-2-3-4-5-6-8-7-12-9(10)11-8;/h7H,2-6H2,1H3,(H2,10,11);1H. The van der Waals surface area contributed by atoms with E-state index in [4.69, 9.17) is 5.73 Å². The Hall–Kier alpha value is -0.0900. The Kier molecular flexibility index (Phi) is 7.28. The number of unbranched alkanes of at least 4 members (excludes halogenated alkanes) is 3. The molecule has 2 N–H and O–H groups in total. The molecule has 13 heavy (non-hydrogen) atoms. The van der Waals surface area contributed by atoms with Crippen molar-refractivity contribution in [1.29, 1.82) is 0 Å². The summed E-state index contributed by atoms with van der Waals surface area (Å²) in [6.45, 7) is 2.22. The normalized spacial score (nSPS) is 9.62. The van der Waals surface area contributed by atoms with Crippen LogP contribution in [0.3, 0.4) is 0 Å². The number of aryl methyl sites for hydroxylation is 1. The molecule has 0 radical (unpaired) electrons. The minimum absolute atomic E-state index is 0. The predicted molar refractivity (Wildman–Crippen MR) is 64.7 cm³/mol. The molecule has 1 heterocycles. The highest BCUT2D eigenvalue weighted by atomic mass is 79.9. The Labute approximate surface area is 94.3 Å². The highest BCUT2D eigenvalue weighted by Gasteiger charge is 1.97. The van der Waals surface area contributed by atoms with Gasteiger partial charge in [-0.05, 0) is 12.8 Å². The van der Waals surface area contributed by atoms with Gasteiger partial charge in [-0.15, -0.1) is 28.3 Å². The van der Waals surface area contributed by atoms with Crippen LogP contribution in [0.2, 0.25) is 0 Å². The van der Waals surface area contributed by atoms with E-state index in [1.165, 1.54) is 37.0 Å². The monoisotopic (exact) mass is 264 g/mol. The van der Waals surface area contributed by atoms with Gasteiger partial charge in [-0.3, -0.25) is 0 Å². The van der Waals surface area contributed by atoms with Gasteiger partial charge in [-0.2, -0.15) is 0 Å². The van der Waals surface area contributed by atoms with E-state index in [0.29, 0.717) is 5.13 Å². The molecule has 1 rings (SSSR count). The van der Waals surface area contributed by atoms with Gasteiger partial charge in [0.15, 0.2) is 5.13 Å². The molecule has 0 fully saturated rings. The Morgan fingerprint density at radius 3 is 2.69 bits per heavy atom. The SMILES string of the molecule is Br.CCCCCCc1csc(N)n1. The summed E-state index contributed by atoms with van der Waals surface area (Å²) in [5.41, 5.74) is 6.68. The minimum atomic E-state index is 0. The van der Waals surface area contributed by atoms with Crippen molar-refractivity contribution in [3.05, 3.63) is 11.1 Å². The van der Waals surface area contributed by atoms with E-state index in [1.807, 2.05) is 0 Å². The van der Waals surface area contributed by atoms with Crippen LogP contribution in [-0.4, -0.2) is 4.98 Å². The number of thiazole rings is 1. The molecule has 1 aromatic rings. The quantitative estimate of drug-likeness (QED) is 0.828. The van der Waals surface area contributed by atoms with E-state index in [2.05, 4.69) is 17.3 Å². The molecule has 0 aromatic carbocycles. The van der Waals surface area contributed by atoms with Crippen LogP contribution in [0, 0.1) is 0 Å². The second-order valence-electron chi connectivity index (χ2n) is 2.99. The molecular weight excluding hydrogens is 248 g/mol. The van der Waals surface area contributed by atoms with Gasteiger partial charge in [0, 0.05) is 5.38 Å². The van der Waals surface area contributed by atoms with E-state index >= 15 is 0 Å². The Bertz CT molecular complexity index is 225. The van der Waals surface area contributed by atoms with E-state index in [-0.39, 0.29) is 17.0 Å². The molecule has 2 nitrogen and oxygen atoms in total. The third-order valence-electron chi connectivity index (χ3n) is 1.86. The molecule has 4 heteroatoms. The smallest absolute Gasteiger partial charge is 0.180 e. The van der Waals surface area contributed by atoms with Crippen molar-refractivity contribution in [2.45, 2.75) is 39.0 Å². The summed E-state index contributed by atoms with van der Waals surface area (Å²) < 4.78 is 0. The van der Waals surface area contributed by atoms with Crippen molar-refractivity contribution in [3.63, 3.8) is 0 Å². The van der Waals surface area contributed by atoms with Crippen molar-refractivity contribution in [2.75, 3.05) is 5.73 Å². The second kappa shape index (κ2) is 7.33. The summed E-state index contributed by atoms with van der Waals surface area (Å²) >= 11 is 1.53. The topological polar surface area (TPSA) is 38.9 Å². The molecule has 0 bridgehead atoms. The molecule has 0 amide bonds. The van der Waals surface area contributed by atoms with Crippen LogP contribution in [0.25, 0.3) is 0 Å². The van der Waals surface area contributed by atoms with E-state index in [0.717, 1.165) is 12.1 Å². The number of hydrogen-bond acceptors (Lipinski definition) is 3. The van der Waals surface area contributed by atoms with Gasteiger partial charge in [0.1, 0.15) is 0 Å². The predicted octanol–water partition coefficient (Wildman–Crippen LogP) is 3.43. The summed E-state index contributed by atoms with van der Waals surface area (Å²) in [5, 5.41) is 2.75. The number of anilines is 1. The van der Waals surface area contributed by atoms with Crippen molar-refractivity contribution >= 4 is 33.4 Å². The van der Waals surface area contributed by atoms with E-state index in [9.17, 15) is 0 Å². The molecule has 0 aliphatic heterocycles. The first-order chi connectivity index (χ1) is 5.83. The van der Waals surface area contributed by atoms with Crippen molar-refractivity contribution < 1.29 is 0 Å². The fraction of sp³-hybridized carbons (Fsp3) is 0.667. The first-order valence-electron chi connectivity index (χ1n) is 4.53. The highest BCUT2D eigenvalue weighted by Crippen LogP contribution is 2.13. The first-order valence-corrected chi connectivity index (χ1v) is 5.40. The highest BCUT2D eigenvalue weighted by molar-refractivity contribution is 8.93. The lowest BCUT2D eigenvalue weighted by Crippen LogP contribution is -1.87. The van der Waals surface area contributed by atoms with Gasteiger partial charge in [0.25, 0.3) is 0 Å². The van der Waals surface area contributed by atoms with Crippen LogP contribution < -0.4 is 5.73 Å². The molecule has 0 aliphatic carbocycles. The third-order valence-corrected chi connectivity index (χ3v) is 2.58. The number of nitrogen functional groups attached to an aromatic ring is 1. The van der Waals surface area contributed by atoms with Crippen molar-refractivity contribution in [3.8, 4) is 0 Å². The average molecular weight is 265 g/mol. The van der Waals surface area contributed by atoms with Gasteiger partial charge in [-0.25, -0.2) is 4.98 Å². The molecule has 0 spiro atoms. The second-order valence-corrected chi connectivity index (χ2v) is 3.88. The van der Waals surface area contributed by atoms with Crippen LogP contribution in [0.4, 0.5) is 5.13 Å². The Balaban J connectivity index is 0.00000144. The third kappa shape index (κ3) is 5.26. The van der Waals surface area contributed by atoms with Crippen LogP contribution >= 0.6 is 28.3 Å². The van der Waals surface area contributed by atoms with Gasteiger partial charge in [0.05, 0.1) is 5.69 Å². The summed E-state index contributed by atoms with van der Waals surface area (Å²) in [6.07, 6.45) is 6.28. The molecule has 0 unspecified atom stereocenters. The molecule has 0 saturated carbocycles. The largest absolute Gasteiger partial charge is 0.375 e. The molecule has 76 valence electrons. The van der Waals surface area contributed by atoms with Crippen LogP contribution in [0.5, 0.6) is 0 Å². The van der Waals surface area contributed by atoms with Gasteiger partial charge in [0.2, 0.25) is 0 Å². The fourth-order valence-corrected chi connectivity index (χ4v) is 1.77. The number of hydrogen-bond donors (Lipinski definition) is 1. The lowest BCUT2D eigenvalue weighted by atomic mass is 10.1. The molecule has 0 aliphatic rings. The number of nitrogens with two attached hydrogens (primary N) is 1. The number of nitrogens with zero attached hydrogens (tertiary/aromatic N) is 1. The maximum absolute atomic E-state index is 5.52. The number of halogens is 1. The van der Waals surface area contributed by atoms with Gasteiger partial charge in [-0.1, -0.05) is 26.2 Å². The summed E-state index contributed by atoms with van der Waals surface area (Å²) in [7, 11) is 0. The Morgan fingerprint density at radius 1 is 1.38 bits per heavy atom. The molecule has 1 aromatic heterocycles. The van der Waals surface area contributed by atoms with Gasteiger partial charge >= 0.3 is 0 Å². The van der Waals surface area contributed by atoms with E-state index < -0.39 is 0 Å². The van der Waals surface area contributed by atoms with Crippen molar-refractivity contribution in [2.24, 2.45) is 0 Å². The van der Waals surface area contributed by atoms with Crippen LogP contribution in [0.15, 0.2) is 5.38 Å². The van der Waals surface area contributed by atoms with Crippen LogP contribution in [0.1, 0.15) is 38.3 Å². The summed E-state index contributed by atoms with van der Waals surface area (Å²) in [5.74, 6) is 0. The van der Waals surface area contributed by atoms with Gasteiger partial charge < -0.3 is 5.73 Å². The average Bonchev–Trinajstić information content (AvgIpc) is 2.45. The maximum Gasteiger partial charge on any atom is 0.180 e. The van der Waals surface area contributed by atoms with Crippen molar-refractivity contribution in [1.82, 2.24) is 4.98 Å². The zero-order chi connectivity index (χ0) is 8.81. The summed E-state index contributed by atoms with van der Waals surface area (Å²) in [6, 6.07) is 0. The summed E-state index contributed by atoms with van der Waals surface area (Å²) in [4.78, 5) is 4.20. The zero-order valence-corrected chi connectivity index (χ0v) is 10.5. The minimum Gasteiger partial charge on any atom is -0.375 e.